The molecule has 1 aliphatic heterocycles. The Morgan fingerprint density at radius 2 is 1.94 bits per heavy atom. The Morgan fingerprint density at radius 1 is 1.19 bits per heavy atom. The van der Waals surface area contributed by atoms with Gasteiger partial charge in [-0.05, 0) is 25.7 Å². The molecule has 1 N–H and O–H groups in total. The highest BCUT2D eigenvalue weighted by atomic mass is 19.3. The number of hydrogen-bond donors (Lipinski definition) is 1. The second-order valence-corrected chi connectivity index (χ2v) is 5.07. The first kappa shape index (κ1) is 12.2. The van der Waals surface area contributed by atoms with Crippen molar-refractivity contribution in [2.24, 2.45) is 0 Å². The minimum atomic E-state index is -2.26. The molecule has 1 atom stereocenters. The molecule has 4 heteroatoms. The molecule has 2 rings (SSSR count). The van der Waals surface area contributed by atoms with Gasteiger partial charge in [-0.2, -0.15) is 0 Å². The maximum absolute atomic E-state index is 12.0. The van der Waals surface area contributed by atoms with E-state index in [-0.39, 0.29) is 18.2 Å². The highest BCUT2D eigenvalue weighted by molar-refractivity contribution is 4.91. The molecule has 0 aromatic rings. The highest BCUT2D eigenvalue weighted by Gasteiger charge is 2.40. The summed E-state index contributed by atoms with van der Waals surface area (Å²) in [4.78, 5) is 0. The molecule has 0 aromatic heterocycles. The van der Waals surface area contributed by atoms with E-state index < -0.39 is 6.43 Å². The number of halogens is 2. The van der Waals surface area contributed by atoms with Crippen LogP contribution in [-0.4, -0.2) is 31.2 Å². The summed E-state index contributed by atoms with van der Waals surface area (Å²) in [6.07, 6.45) is 6.20. The van der Waals surface area contributed by atoms with Crippen LogP contribution in [0.4, 0.5) is 8.78 Å². The molecule has 1 saturated carbocycles. The molecule has 1 spiro atoms. The second-order valence-electron chi connectivity index (χ2n) is 5.07. The Morgan fingerprint density at radius 3 is 2.62 bits per heavy atom. The molecule has 94 valence electrons. The van der Waals surface area contributed by atoms with Crippen molar-refractivity contribution < 1.29 is 13.5 Å². The van der Waals surface area contributed by atoms with E-state index in [4.69, 9.17) is 4.74 Å². The summed E-state index contributed by atoms with van der Waals surface area (Å²) in [7, 11) is 0. The van der Waals surface area contributed by atoms with Crippen LogP contribution in [0.1, 0.15) is 44.9 Å². The first-order valence-corrected chi connectivity index (χ1v) is 6.37. The van der Waals surface area contributed by atoms with Crippen molar-refractivity contribution in [3.05, 3.63) is 0 Å². The van der Waals surface area contributed by atoms with Crippen LogP contribution in [0.2, 0.25) is 0 Å². The summed E-state index contributed by atoms with van der Waals surface area (Å²) < 4.78 is 30.0. The minimum Gasteiger partial charge on any atom is -0.370 e. The summed E-state index contributed by atoms with van der Waals surface area (Å²) in [5.41, 5.74) is 0.107. The van der Waals surface area contributed by atoms with E-state index >= 15 is 0 Å². The molecular weight excluding hydrogens is 212 g/mol. The van der Waals surface area contributed by atoms with Crippen molar-refractivity contribution in [3.8, 4) is 0 Å². The van der Waals surface area contributed by atoms with Gasteiger partial charge in [0.15, 0.2) is 0 Å². The van der Waals surface area contributed by atoms with Crippen molar-refractivity contribution in [2.75, 3.05) is 13.1 Å². The van der Waals surface area contributed by atoms with Gasteiger partial charge in [0.25, 0.3) is 6.43 Å². The van der Waals surface area contributed by atoms with Gasteiger partial charge in [-0.25, -0.2) is 8.78 Å². The van der Waals surface area contributed by atoms with E-state index in [1.807, 2.05) is 0 Å². The van der Waals surface area contributed by atoms with Gasteiger partial charge in [-0.1, -0.05) is 19.3 Å². The molecular formula is C12H21F2NO. The molecule has 1 saturated heterocycles. The predicted octanol–water partition coefficient (Wildman–Crippen LogP) is 2.72. The lowest BCUT2D eigenvalue weighted by Crippen LogP contribution is -2.35. The van der Waals surface area contributed by atoms with Crippen LogP contribution in [0.25, 0.3) is 0 Å². The summed E-state index contributed by atoms with van der Waals surface area (Å²) in [6.45, 7) is 0.360. The molecule has 0 bridgehead atoms. The Kier molecular flexibility index (Phi) is 4.14. The van der Waals surface area contributed by atoms with E-state index in [0.29, 0.717) is 6.54 Å². The molecule has 0 aromatic carbocycles. The van der Waals surface area contributed by atoms with E-state index in [2.05, 4.69) is 5.32 Å². The Balaban J connectivity index is 1.70. The first-order chi connectivity index (χ1) is 7.70. The number of hydrogen-bond acceptors (Lipinski definition) is 2. The average Bonchev–Trinajstić information content (AvgIpc) is 2.62. The lowest BCUT2D eigenvalue weighted by atomic mass is 9.83. The van der Waals surface area contributed by atoms with Gasteiger partial charge in [0, 0.05) is 6.54 Å². The van der Waals surface area contributed by atoms with Gasteiger partial charge in [0.2, 0.25) is 0 Å². The molecule has 0 radical (unpaired) electrons. The topological polar surface area (TPSA) is 21.3 Å². The Bertz CT molecular complexity index is 217. The van der Waals surface area contributed by atoms with E-state index in [1.54, 1.807) is 0 Å². The fraction of sp³-hybridized carbons (Fsp3) is 1.00. The molecule has 16 heavy (non-hydrogen) atoms. The van der Waals surface area contributed by atoms with Gasteiger partial charge in [0.05, 0.1) is 18.2 Å². The largest absolute Gasteiger partial charge is 0.370 e. The molecule has 1 unspecified atom stereocenters. The van der Waals surface area contributed by atoms with Crippen LogP contribution in [0.3, 0.4) is 0 Å². The van der Waals surface area contributed by atoms with Gasteiger partial charge < -0.3 is 10.1 Å². The zero-order chi connectivity index (χ0) is 11.4. The van der Waals surface area contributed by atoms with Crippen LogP contribution in [0.5, 0.6) is 0 Å². The van der Waals surface area contributed by atoms with Crippen LogP contribution in [0, 0.1) is 0 Å². The lowest BCUT2D eigenvalue weighted by Gasteiger charge is -2.33. The van der Waals surface area contributed by atoms with E-state index in [0.717, 1.165) is 12.8 Å². The number of rotatable bonds is 4. The third-order valence-corrected chi connectivity index (χ3v) is 3.77. The van der Waals surface area contributed by atoms with Gasteiger partial charge in [-0.15, -0.1) is 0 Å². The van der Waals surface area contributed by atoms with Crippen molar-refractivity contribution in [1.82, 2.24) is 5.32 Å². The maximum atomic E-state index is 12.0. The fourth-order valence-corrected chi connectivity index (χ4v) is 2.96. The predicted molar refractivity (Wildman–Crippen MR) is 58.8 cm³/mol. The standard InChI is InChI=1S/C12H21F2NO/c13-11(14)9-15-8-10-4-7-12(16-10)5-2-1-3-6-12/h10-11,15H,1-9H2. The quantitative estimate of drug-likeness (QED) is 0.806. The molecule has 2 fully saturated rings. The third kappa shape index (κ3) is 3.14. The van der Waals surface area contributed by atoms with Crippen LogP contribution in [-0.2, 0) is 4.74 Å². The Labute approximate surface area is 95.7 Å². The van der Waals surface area contributed by atoms with E-state index in [1.165, 1.54) is 32.1 Å². The van der Waals surface area contributed by atoms with Crippen molar-refractivity contribution in [2.45, 2.75) is 63.1 Å². The number of nitrogens with one attached hydrogen (secondary N) is 1. The van der Waals surface area contributed by atoms with Crippen LogP contribution in [0.15, 0.2) is 0 Å². The monoisotopic (exact) mass is 233 g/mol. The van der Waals surface area contributed by atoms with Crippen molar-refractivity contribution in [3.63, 3.8) is 0 Å². The summed E-state index contributed by atoms with van der Waals surface area (Å²) in [5, 5.41) is 2.77. The van der Waals surface area contributed by atoms with Crippen LogP contribution < -0.4 is 5.32 Å². The lowest BCUT2D eigenvalue weighted by molar-refractivity contribution is -0.0628. The van der Waals surface area contributed by atoms with Gasteiger partial charge >= 0.3 is 0 Å². The summed E-state index contributed by atoms with van der Waals surface area (Å²) in [6, 6.07) is 0. The zero-order valence-electron chi connectivity index (χ0n) is 9.68. The zero-order valence-corrected chi connectivity index (χ0v) is 9.68. The molecule has 2 aliphatic rings. The van der Waals surface area contributed by atoms with E-state index in [9.17, 15) is 8.78 Å². The number of alkyl halides is 2. The minimum absolute atomic E-state index is 0.107. The average molecular weight is 233 g/mol. The smallest absolute Gasteiger partial charge is 0.250 e. The maximum Gasteiger partial charge on any atom is 0.250 e. The third-order valence-electron chi connectivity index (χ3n) is 3.77. The SMILES string of the molecule is FC(F)CNCC1CCC2(CCCCC2)O1. The highest BCUT2D eigenvalue weighted by Crippen LogP contribution is 2.41. The molecule has 1 aliphatic carbocycles. The van der Waals surface area contributed by atoms with Crippen LogP contribution >= 0.6 is 0 Å². The fourth-order valence-electron chi connectivity index (χ4n) is 2.96. The molecule has 0 amide bonds. The second kappa shape index (κ2) is 5.41. The molecule has 2 nitrogen and oxygen atoms in total. The number of ether oxygens (including phenoxy) is 1. The summed E-state index contributed by atoms with van der Waals surface area (Å²) >= 11 is 0. The van der Waals surface area contributed by atoms with Crippen molar-refractivity contribution in [1.29, 1.82) is 0 Å². The Hall–Kier alpha value is -0.220. The summed E-state index contributed by atoms with van der Waals surface area (Å²) in [5.74, 6) is 0. The molecule has 1 heterocycles. The first-order valence-electron chi connectivity index (χ1n) is 6.37. The van der Waals surface area contributed by atoms with Gasteiger partial charge in [0.1, 0.15) is 0 Å². The van der Waals surface area contributed by atoms with Gasteiger partial charge in [-0.3, -0.25) is 0 Å². The normalized spacial score (nSPS) is 29.1. The van der Waals surface area contributed by atoms with Crippen molar-refractivity contribution >= 4 is 0 Å².